The summed E-state index contributed by atoms with van der Waals surface area (Å²) >= 11 is 5.45. The van der Waals surface area contributed by atoms with Crippen molar-refractivity contribution in [2.24, 2.45) is 0 Å². The summed E-state index contributed by atoms with van der Waals surface area (Å²) in [6.07, 6.45) is 0. The number of aromatic nitrogens is 2. The Morgan fingerprint density at radius 3 is 2.60 bits per heavy atom. The van der Waals surface area contributed by atoms with Crippen LogP contribution in [0.15, 0.2) is 22.6 Å². The molecule has 0 N–H and O–H groups in total. The van der Waals surface area contributed by atoms with Crippen molar-refractivity contribution < 1.29 is 13.2 Å². The summed E-state index contributed by atoms with van der Waals surface area (Å²) in [4.78, 5) is 0. The Morgan fingerprint density at radius 1 is 1.20 bits per heavy atom. The Balaban J connectivity index is 2.40. The molecule has 0 radical (unpaired) electrons. The molecule has 78 valence electrons. The molecule has 0 aliphatic carbocycles. The van der Waals surface area contributed by atoms with Crippen LogP contribution in [0.5, 0.6) is 0 Å². The van der Waals surface area contributed by atoms with Gasteiger partial charge in [0.25, 0.3) is 0 Å². The summed E-state index contributed by atoms with van der Waals surface area (Å²) in [7, 11) is 0. The van der Waals surface area contributed by atoms with Gasteiger partial charge >= 0.3 is 0 Å². The summed E-state index contributed by atoms with van der Waals surface area (Å²) in [5, 5.41) is 7.24. The fourth-order valence-corrected chi connectivity index (χ4v) is 1.16. The highest BCUT2D eigenvalue weighted by Gasteiger charge is 2.10. The Bertz CT molecular complexity index is 487. The molecule has 0 saturated heterocycles. The first-order valence-electron chi connectivity index (χ1n) is 4.04. The Kier molecular flexibility index (Phi) is 2.64. The molecule has 1 heterocycles. The van der Waals surface area contributed by atoms with Gasteiger partial charge < -0.3 is 4.42 Å². The molecular weight excluding hydrogens is 226 g/mol. The first kappa shape index (κ1) is 10.0. The first-order chi connectivity index (χ1) is 7.20. The third kappa shape index (κ3) is 1.97. The second kappa shape index (κ2) is 3.94. The van der Waals surface area contributed by atoms with Gasteiger partial charge in [-0.1, -0.05) is 0 Å². The molecule has 15 heavy (non-hydrogen) atoms. The van der Waals surface area contributed by atoms with Gasteiger partial charge in [-0.15, -0.1) is 21.8 Å². The SMILES string of the molecule is Fc1ccc(-c2nnc(CCl)o2)cc1F. The predicted molar refractivity (Wildman–Crippen MR) is 49.2 cm³/mol. The fourth-order valence-electron chi connectivity index (χ4n) is 1.05. The minimum atomic E-state index is -0.960. The fraction of sp³-hybridized carbons (Fsp3) is 0.111. The molecule has 2 aromatic rings. The molecule has 0 saturated carbocycles. The third-order valence-electron chi connectivity index (χ3n) is 1.75. The molecule has 0 fully saturated rings. The van der Waals surface area contributed by atoms with Gasteiger partial charge in [0.1, 0.15) is 5.88 Å². The van der Waals surface area contributed by atoms with Gasteiger partial charge in [0, 0.05) is 5.56 Å². The maximum atomic E-state index is 12.9. The van der Waals surface area contributed by atoms with Crippen LogP contribution in [0.4, 0.5) is 8.78 Å². The van der Waals surface area contributed by atoms with Crippen molar-refractivity contribution in [1.82, 2.24) is 10.2 Å². The van der Waals surface area contributed by atoms with Crippen molar-refractivity contribution in [1.29, 1.82) is 0 Å². The van der Waals surface area contributed by atoms with E-state index in [2.05, 4.69) is 10.2 Å². The van der Waals surface area contributed by atoms with Crippen molar-refractivity contribution in [2.45, 2.75) is 5.88 Å². The van der Waals surface area contributed by atoms with Gasteiger partial charge in [0.2, 0.25) is 11.8 Å². The average Bonchev–Trinajstić information content (AvgIpc) is 2.70. The lowest BCUT2D eigenvalue weighted by Gasteiger charge is -1.95. The van der Waals surface area contributed by atoms with Gasteiger partial charge in [0.15, 0.2) is 11.6 Å². The molecular formula is C9H5ClF2N2O. The van der Waals surface area contributed by atoms with Gasteiger partial charge in [-0.2, -0.15) is 0 Å². The standard InChI is InChI=1S/C9H5ClF2N2O/c10-4-8-13-14-9(15-8)5-1-2-6(11)7(12)3-5/h1-3H,4H2. The van der Waals surface area contributed by atoms with Crippen LogP contribution in [0.2, 0.25) is 0 Å². The highest BCUT2D eigenvalue weighted by molar-refractivity contribution is 6.16. The zero-order valence-corrected chi connectivity index (χ0v) is 8.13. The molecule has 0 aliphatic rings. The molecule has 3 nitrogen and oxygen atoms in total. The minimum absolute atomic E-state index is 0.0800. The predicted octanol–water partition coefficient (Wildman–Crippen LogP) is 2.75. The van der Waals surface area contributed by atoms with Crippen LogP contribution >= 0.6 is 11.6 Å². The molecule has 6 heteroatoms. The second-order valence-corrected chi connectivity index (χ2v) is 3.03. The van der Waals surface area contributed by atoms with E-state index in [-0.39, 0.29) is 17.7 Å². The molecule has 0 spiro atoms. The van der Waals surface area contributed by atoms with Gasteiger partial charge in [-0.3, -0.25) is 0 Å². The molecule has 2 rings (SSSR count). The summed E-state index contributed by atoms with van der Waals surface area (Å²) < 4.78 is 30.6. The van der Waals surface area contributed by atoms with E-state index in [4.69, 9.17) is 16.0 Å². The smallest absolute Gasteiger partial charge is 0.247 e. The zero-order chi connectivity index (χ0) is 10.8. The topological polar surface area (TPSA) is 38.9 Å². The van der Waals surface area contributed by atoms with E-state index in [1.807, 2.05) is 0 Å². The minimum Gasteiger partial charge on any atom is -0.419 e. The number of rotatable bonds is 2. The Morgan fingerprint density at radius 2 is 2.00 bits per heavy atom. The first-order valence-corrected chi connectivity index (χ1v) is 4.58. The lowest BCUT2D eigenvalue weighted by Crippen LogP contribution is -1.85. The molecule has 0 aliphatic heterocycles. The van der Waals surface area contributed by atoms with Crippen molar-refractivity contribution >= 4 is 11.6 Å². The van der Waals surface area contributed by atoms with Crippen LogP contribution in [0.3, 0.4) is 0 Å². The van der Waals surface area contributed by atoms with Gasteiger partial charge in [-0.25, -0.2) is 8.78 Å². The molecule has 0 amide bonds. The largest absolute Gasteiger partial charge is 0.419 e. The zero-order valence-electron chi connectivity index (χ0n) is 7.38. The number of hydrogen-bond donors (Lipinski definition) is 0. The highest BCUT2D eigenvalue weighted by Crippen LogP contribution is 2.20. The molecule has 0 unspecified atom stereocenters. The van der Waals surface area contributed by atoms with Crippen LogP contribution < -0.4 is 0 Å². The van der Waals surface area contributed by atoms with Crippen molar-refractivity contribution in [3.05, 3.63) is 35.7 Å². The summed E-state index contributed by atoms with van der Waals surface area (Å²) in [5.41, 5.74) is 0.317. The van der Waals surface area contributed by atoms with E-state index in [1.54, 1.807) is 0 Å². The van der Waals surface area contributed by atoms with Crippen molar-refractivity contribution in [3.63, 3.8) is 0 Å². The highest BCUT2D eigenvalue weighted by atomic mass is 35.5. The van der Waals surface area contributed by atoms with Gasteiger partial charge in [-0.05, 0) is 18.2 Å². The molecule has 0 bridgehead atoms. The van der Waals surface area contributed by atoms with Gasteiger partial charge in [0.05, 0.1) is 0 Å². The van der Waals surface area contributed by atoms with E-state index < -0.39 is 11.6 Å². The summed E-state index contributed by atoms with van der Waals surface area (Å²) in [5.74, 6) is -1.45. The average molecular weight is 231 g/mol. The normalized spacial score (nSPS) is 10.6. The van der Waals surface area contributed by atoms with E-state index >= 15 is 0 Å². The quantitative estimate of drug-likeness (QED) is 0.745. The lowest BCUT2D eigenvalue weighted by molar-refractivity contribution is 0.505. The van der Waals surface area contributed by atoms with Crippen LogP contribution in [-0.2, 0) is 5.88 Å². The second-order valence-electron chi connectivity index (χ2n) is 2.76. The maximum absolute atomic E-state index is 12.9. The van der Waals surface area contributed by atoms with Crippen molar-refractivity contribution in [2.75, 3.05) is 0 Å². The van der Waals surface area contributed by atoms with Crippen molar-refractivity contribution in [3.8, 4) is 11.5 Å². The van der Waals surface area contributed by atoms with Crippen LogP contribution in [0.1, 0.15) is 5.89 Å². The Hall–Kier alpha value is -1.49. The van der Waals surface area contributed by atoms with E-state index in [1.165, 1.54) is 6.07 Å². The molecule has 0 atom stereocenters. The summed E-state index contributed by atoms with van der Waals surface area (Å²) in [6.45, 7) is 0. The Labute approximate surface area is 88.7 Å². The third-order valence-corrected chi connectivity index (χ3v) is 1.98. The molecule has 1 aromatic carbocycles. The number of alkyl halides is 1. The van der Waals surface area contributed by atoms with E-state index in [0.29, 0.717) is 5.56 Å². The lowest BCUT2D eigenvalue weighted by atomic mass is 10.2. The van der Waals surface area contributed by atoms with Crippen LogP contribution in [0.25, 0.3) is 11.5 Å². The number of benzene rings is 1. The summed E-state index contributed by atoms with van der Waals surface area (Å²) in [6, 6.07) is 3.33. The maximum Gasteiger partial charge on any atom is 0.247 e. The van der Waals surface area contributed by atoms with Crippen LogP contribution in [-0.4, -0.2) is 10.2 Å². The molecule has 1 aromatic heterocycles. The van der Waals surface area contributed by atoms with Crippen LogP contribution in [0, 0.1) is 11.6 Å². The number of hydrogen-bond acceptors (Lipinski definition) is 3. The monoisotopic (exact) mass is 230 g/mol. The van der Waals surface area contributed by atoms with E-state index in [0.717, 1.165) is 12.1 Å². The number of halogens is 3. The van der Waals surface area contributed by atoms with E-state index in [9.17, 15) is 8.78 Å². The number of nitrogens with zero attached hydrogens (tertiary/aromatic N) is 2.